The molecule has 12 heteroatoms. The van der Waals surface area contributed by atoms with Gasteiger partial charge in [0.05, 0.1) is 47.0 Å². The molecule has 0 radical (unpaired) electrons. The van der Waals surface area contributed by atoms with Gasteiger partial charge >= 0.3 is 6.18 Å². The molecule has 1 aliphatic rings. The highest BCUT2D eigenvalue weighted by atomic mass is 19.4. The summed E-state index contributed by atoms with van der Waals surface area (Å²) in [5.74, 6) is 0.191. The van der Waals surface area contributed by atoms with Gasteiger partial charge in [0.2, 0.25) is 5.95 Å². The van der Waals surface area contributed by atoms with Crippen molar-refractivity contribution in [3.05, 3.63) is 71.8 Å². The van der Waals surface area contributed by atoms with Crippen LogP contribution in [0.5, 0.6) is 11.5 Å². The molecule has 3 heterocycles. The highest BCUT2D eigenvalue weighted by Crippen LogP contribution is 2.33. The molecule has 2 N–H and O–H groups in total. The second-order valence-corrected chi connectivity index (χ2v) is 9.44. The van der Waals surface area contributed by atoms with E-state index in [2.05, 4.69) is 15.3 Å². The Morgan fingerprint density at radius 2 is 1.95 bits per heavy atom. The number of carbonyl (C=O) groups is 1. The summed E-state index contributed by atoms with van der Waals surface area (Å²) in [6.45, 7) is 1.43. The van der Waals surface area contributed by atoms with E-state index >= 15 is 0 Å². The number of hydrogen-bond donors (Lipinski definition) is 2. The number of anilines is 2. The summed E-state index contributed by atoms with van der Waals surface area (Å²) in [5, 5.41) is 12.3. The molecule has 2 aromatic heterocycles. The van der Waals surface area contributed by atoms with E-state index in [9.17, 15) is 27.5 Å². The topological polar surface area (TPSA) is 92.5 Å². The van der Waals surface area contributed by atoms with Gasteiger partial charge in [0.25, 0.3) is 0 Å². The smallest absolute Gasteiger partial charge is 0.416 e. The predicted octanol–water partition coefficient (Wildman–Crippen LogP) is 4.84. The number of aromatic nitrogens is 3. The molecule has 0 unspecified atom stereocenters. The minimum Gasteiger partial charge on any atom is -0.457 e. The lowest BCUT2D eigenvalue weighted by Crippen LogP contribution is -2.29. The number of benzene rings is 2. The molecule has 0 amide bonds. The molecule has 0 spiro atoms. The van der Waals surface area contributed by atoms with Gasteiger partial charge in [-0.1, -0.05) is 0 Å². The van der Waals surface area contributed by atoms with Crippen LogP contribution in [-0.2, 0) is 24.4 Å². The van der Waals surface area contributed by atoms with Crippen LogP contribution in [0.25, 0.3) is 11.0 Å². The summed E-state index contributed by atoms with van der Waals surface area (Å²) in [5.41, 5.74) is 0.340. The van der Waals surface area contributed by atoms with Crippen LogP contribution in [0.1, 0.15) is 17.7 Å². The minimum atomic E-state index is -4.61. The number of fused-ring (bicyclic) bond motifs is 1. The SMILES string of the molecule is Cn1c(Nc2cc(C(F)(F)F)ccc2F)nc2cc(Oc3ccnc(CC(=O)CN4CC[C@@H](O)C4)c3)ccc21. The van der Waals surface area contributed by atoms with Crippen LogP contribution in [0.3, 0.4) is 0 Å². The molecule has 8 nitrogen and oxygen atoms in total. The number of halogens is 4. The molecule has 0 bridgehead atoms. The molecule has 1 saturated heterocycles. The molecule has 39 heavy (non-hydrogen) atoms. The van der Waals surface area contributed by atoms with Gasteiger partial charge in [-0.2, -0.15) is 13.2 Å². The van der Waals surface area contributed by atoms with Gasteiger partial charge in [0.1, 0.15) is 17.3 Å². The first-order chi connectivity index (χ1) is 18.5. The number of β-amino-alcohol motifs (C(OH)–C–C–N with tert-alkyl or cyclic N) is 1. The number of likely N-dealkylation sites (tertiary alicyclic amines) is 1. The monoisotopic (exact) mass is 543 g/mol. The van der Waals surface area contributed by atoms with Gasteiger partial charge < -0.3 is 19.7 Å². The lowest BCUT2D eigenvalue weighted by molar-refractivity contribution is -0.137. The Kier molecular flexibility index (Phi) is 7.23. The van der Waals surface area contributed by atoms with Crippen LogP contribution in [0.4, 0.5) is 29.2 Å². The van der Waals surface area contributed by atoms with Gasteiger partial charge in [-0.25, -0.2) is 9.37 Å². The molecule has 2 aromatic carbocycles. The number of carbonyl (C=O) groups excluding carboxylic acids is 1. The van der Waals surface area contributed by atoms with Gasteiger partial charge in [-0.3, -0.25) is 14.7 Å². The number of nitrogens with one attached hydrogen (secondary N) is 1. The Labute approximate surface area is 220 Å². The summed E-state index contributed by atoms with van der Waals surface area (Å²) < 4.78 is 61.0. The maximum absolute atomic E-state index is 14.2. The average molecular weight is 544 g/mol. The number of imidazole rings is 1. The maximum atomic E-state index is 14.2. The Bertz CT molecular complexity index is 1520. The van der Waals surface area contributed by atoms with Crippen molar-refractivity contribution in [1.82, 2.24) is 19.4 Å². The van der Waals surface area contributed by atoms with Crippen molar-refractivity contribution >= 4 is 28.5 Å². The zero-order valence-corrected chi connectivity index (χ0v) is 20.9. The van der Waals surface area contributed by atoms with Crippen LogP contribution in [0.15, 0.2) is 54.7 Å². The maximum Gasteiger partial charge on any atom is 0.416 e. The molecular weight excluding hydrogens is 518 g/mol. The van der Waals surface area contributed by atoms with Crippen LogP contribution in [0, 0.1) is 5.82 Å². The fraction of sp³-hybridized carbons (Fsp3) is 0.296. The van der Waals surface area contributed by atoms with Crippen molar-refractivity contribution in [3.8, 4) is 11.5 Å². The van der Waals surface area contributed by atoms with E-state index in [1.54, 1.807) is 48.1 Å². The van der Waals surface area contributed by atoms with E-state index in [1.807, 2.05) is 4.90 Å². The van der Waals surface area contributed by atoms with Crippen molar-refractivity contribution in [2.45, 2.75) is 25.1 Å². The zero-order valence-electron chi connectivity index (χ0n) is 20.9. The van der Waals surface area contributed by atoms with Crippen LogP contribution < -0.4 is 10.1 Å². The Hall–Kier alpha value is -4.03. The normalized spacial score (nSPS) is 16.1. The number of ketones is 1. The first-order valence-electron chi connectivity index (χ1n) is 12.2. The van der Waals surface area contributed by atoms with Crippen molar-refractivity contribution < 1.29 is 32.2 Å². The Morgan fingerprint density at radius 3 is 2.69 bits per heavy atom. The lowest BCUT2D eigenvalue weighted by atomic mass is 10.2. The fourth-order valence-electron chi connectivity index (χ4n) is 4.49. The Balaban J connectivity index is 1.30. The average Bonchev–Trinajstić information content (AvgIpc) is 3.41. The quantitative estimate of drug-likeness (QED) is 0.307. The van der Waals surface area contributed by atoms with E-state index < -0.39 is 23.7 Å². The second-order valence-electron chi connectivity index (χ2n) is 9.44. The first kappa shape index (κ1) is 26.6. The third-order valence-corrected chi connectivity index (χ3v) is 6.44. The predicted molar refractivity (Wildman–Crippen MR) is 135 cm³/mol. The van der Waals surface area contributed by atoms with E-state index in [0.717, 1.165) is 6.07 Å². The van der Waals surface area contributed by atoms with Crippen molar-refractivity contribution in [3.63, 3.8) is 0 Å². The van der Waals surface area contributed by atoms with Gasteiger partial charge in [-0.15, -0.1) is 0 Å². The van der Waals surface area contributed by atoms with Crippen LogP contribution >= 0.6 is 0 Å². The summed E-state index contributed by atoms with van der Waals surface area (Å²) >= 11 is 0. The number of Topliss-reactive ketones (excluding diaryl/α,β-unsaturated/α-hetero) is 1. The molecule has 204 valence electrons. The second kappa shape index (κ2) is 10.6. The molecule has 0 saturated carbocycles. The largest absolute Gasteiger partial charge is 0.457 e. The number of alkyl halides is 3. The molecular formula is C27H25F4N5O3. The van der Waals surface area contributed by atoms with Gasteiger partial charge in [0.15, 0.2) is 5.78 Å². The molecule has 1 aliphatic heterocycles. The van der Waals surface area contributed by atoms with Crippen molar-refractivity contribution in [1.29, 1.82) is 0 Å². The molecule has 5 rings (SSSR count). The summed E-state index contributed by atoms with van der Waals surface area (Å²) in [6, 6.07) is 10.5. The van der Waals surface area contributed by atoms with Crippen molar-refractivity contribution in [2.75, 3.05) is 25.0 Å². The number of aliphatic hydroxyl groups excluding tert-OH is 1. The van der Waals surface area contributed by atoms with Crippen LogP contribution in [0.2, 0.25) is 0 Å². The van der Waals surface area contributed by atoms with Gasteiger partial charge in [0, 0.05) is 38.5 Å². The van der Waals surface area contributed by atoms with Crippen molar-refractivity contribution in [2.24, 2.45) is 7.05 Å². The number of hydrogen-bond acceptors (Lipinski definition) is 7. The number of ether oxygens (including phenoxy) is 1. The van der Waals surface area contributed by atoms with Gasteiger partial charge in [-0.05, 0) is 42.8 Å². The summed E-state index contributed by atoms with van der Waals surface area (Å²) in [6.07, 6.45) is -2.67. The zero-order chi connectivity index (χ0) is 27.7. The van der Waals surface area contributed by atoms with E-state index in [1.165, 1.54) is 0 Å². The first-order valence-corrected chi connectivity index (χ1v) is 12.2. The molecule has 1 fully saturated rings. The number of pyridine rings is 1. The molecule has 0 aliphatic carbocycles. The third kappa shape index (κ3) is 6.18. The van der Waals surface area contributed by atoms with Crippen LogP contribution in [-0.4, -0.2) is 56.1 Å². The molecule has 1 atom stereocenters. The Morgan fingerprint density at radius 1 is 1.15 bits per heavy atom. The summed E-state index contributed by atoms with van der Waals surface area (Å²) in [4.78, 5) is 23.0. The fourth-order valence-corrected chi connectivity index (χ4v) is 4.49. The highest BCUT2D eigenvalue weighted by Gasteiger charge is 2.31. The minimum absolute atomic E-state index is 0.0131. The third-order valence-electron chi connectivity index (χ3n) is 6.44. The van der Waals surface area contributed by atoms with E-state index in [-0.39, 0.29) is 30.4 Å². The summed E-state index contributed by atoms with van der Waals surface area (Å²) in [7, 11) is 1.65. The number of aryl methyl sites for hydroxylation is 1. The lowest BCUT2D eigenvalue weighted by Gasteiger charge is -2.13. The number of rotatable bonds is 8. The number of nitrogens with zero attached hydrogens (tertiary/aromatic N) is 4. The van der Waals surface area contributed by atoms with E-state index in [4.69, 9.17) is 4.74 Å². The van der Waals surface area contributed by atoms with E-state index in [0.29, 0.717) is 59.9 Å². The molecule has 4 aromatic rings. The standard InChI is InChI=1S/C27H25F4N5O3/c1-35-25-5-3-20(13-24(25)34-26(35)33-23-10-16(27(29,30)31)2-4-22(23)28)39-21-6-8-32-17(12-21)11-19(38)15-36-9-7-18(37)14-36/h2-6,8,10,12-13,18,37H,7,9,11,14-15H2,1H3,(H,33,34)/t18-/m1/s1. The highest BCUT2D eigenvalue weighted by molar-refractivity contribution is 5.83. The number of aliphatic hydroxyl groups is 1.